The van der Waals surface area contributed by atoms with Crippen molar-refractivity contribution in [2.24, 2.45) is 0 Å². The topological polar surface area (TPSA) is 33.7 Å². The maximum atomic E-state index is 5.42. The monoisotopic (exact) mass is 246 g/mol. The molecular weight excluding hydrogens is 216 g/mol. The fourth-order valence-electron chi connectivity index (χ4n) is 1.58. The molecule has 104 valence electrons. The van der Waals surface area contributed by atoms with E-state index in [-0.39, 0.29) is 5.54 Å². The second-order valence-corrected chi connectivity index (χ2v) is 4.80. The zero-order valence-electron chi connectivity index (χ0n) is 12.2. The molecule has 0 aliphatic rings. The van der Waals surface area contributed by atoms with Crippen molar-refractivity contribution in [1.82, 2.24) is 10.2 Å². The van der Waals surface area contributed by atoms with Crippen molar-refractivity contribution >= 4 is 0 Å². The van der Waals surface area contributed by atoms with E-state index in [1.165, 1.54) is 0 Å². The van der Waals surface area contributed by atoms with Gasteiger partial charge in [0.2, 0.25) is 0 Å². The van der Waals surface area contributed by atoms with Crippen molar-refractivity contribution in [2.45, 2.75) is 33.2 Å². The molecule has 0 saturated heterocycles. The third kappa shape index (κ3) is 9.53. The van der Waals surface area contributed by atoms with E-state index in [0.717, 1.165) is 46.1 Å². The second kappa shape index (κ2) is 9.83. The molecular formula is C13H30N2O2. The van der Waals surface area contributed by atoms with Gasteiger partial charge in [-0.05, 0) is 34.7 Å². The van der Waals surface area contributed by atoms with Gasteiger partial charge in [-0.3, -0.25) is 4.90 Å². The van der Waals surface area contributed by atoms with Crippen LogP contribution in [-0.4, -0.2) is 63.5 Å². The summed E-state index contributed by atoms with van der Waals surface area (Å²) in [5.41, 5.74) is 0.123. The van der Waals surface area contributed by atoms with Gasteiger partial charge < -0.3 is 14.8 Å². The number of nitrogens with zero attached hydrogens (tertiary/aromatic N) is 1. The summed E-state index contributed by atoms with van der Waals surface area (Å²) in [6.45, 7) is 14.6. The van der Waals surface area contributed by atoms with Crippen LogP contribution in [0.3, 0.4) is 0 Å². The highest BCUT2D eigenvalue weighted by atomic mass is 16.5. The summed E-state index contributed by atoms with van der Waals surface area (Å²) in [5.74, 6) is 0. The average Bonchev–Trinajstić information content (AvgIpc) is 2.29. The second-order valence-electron chi connectivity index (χ2n) is 4.80. The summed E-state index contributed by atoms with van der Waals surface area (Å²) < 4.78 is 10.8. The Bertz CT molecular complexity index is 165. The van der Waals surface area contributed by atoms with Crippen molar-refractivity contribution in [3.8, 4) is 0 Å². The normalized spacial score (nSPS) is 12.4. The van der Waals surface area contributed by atoms with Crippen LogP contribution in [-0.2, 0) is 9.47 Å². The Labute approximate surface area is 107 Å². The summed E-state index contributed by atoms with van der Waals surface area (Å²) in [5, 5.41) is 3.33. The van der Waals surface area contributed by atoms with Gasteiger partial charge in [-0.15, -0.1) is 0 Å². The van der Waals surface area contributed by atoms with E-state index in [1.807, 2.05) is 20.9 Å². The molecule has 0 aromatic heterocycles. The van der Waals surface area contributed by atoms with Gasteiger partial charge >= 0.3 is 0 Å². The fraction of sp³-hybridized carbons (Fsp3) is 1.00. The Morgan fingerprint density at radius 3 is 1.82 bits per heavy atom. The molecule has 0 aromatic rings. The molecule has 0 bridgehead atoms. The van der Waals surface area contributed by atoms with Crippen molar-refractivity contribution in [3.63, 3.8) is 0 Å². The summed E-state index contributed by atoms with van der Waals surface area (Å²) in [7, 11) is 2.00. The molecule has 0 aliphatic heterocycles. The maximum Gasteiger partial charge on any atom is 0.0593 e. The molecule has 0 spiro atoms. The lowest BCUT2D eigenvalue weighted by molar-refractivity contribution is 0.0723. The Morgan fingerprint density at radius 1 is 1.00 bits per heavy atom. The van der Waals surface area contributed by atoms with Crippen molar-refractivity contribution < 1.29 is 9.47 Å². The molecule has 0 saturated carbocycles. The van der Waals surface area contributed by atoms with Gasteiger partial charge in [-0.1, -0.05) is 0 Å². The lowest BCUT2D eigenvalue weighted by atomic mass is 10.1. The minimum atomic E-state index is 0.123. The van der Waals surface area contributed by atoms with Crippen LogP contribution in [0.25, 0.3) is 0 Å². The van der Waals surface area contributed by atoms with E-state index in [9.17, 15) is 0 Å². The van der Waals surface area contributed by atoms with Gasteiger partial charge in [0.25, 0.3) is 0 Å². The van der Waals surface area contributed by atoms with Crippen LogP contribution in [0.1, 0.15) is 27.7 Å². The molecule has 17 heavy (non-hydrogen) atoms. The van der Waals surface area contributed by atoms with Crippen LogP contribution in [0.2, 0.25) is 0 Å². The van der Waals surface area contributed by atoms with Gasteiger partial charge in [-0.2, -0.15) is 0 Å². The first-order valence-corrected chi connectivity index (χ1v) is 6.62. The summed E-state index contributed by atoms with van der Waals surface area (Å²) in [6, 6.07) is 0. The van der Waals surface area contributed by atoms with Gasteiger partial charge in [0.05, 0.1) is 13.2 Å². The average molecular weight is 246 g/mol. The molecule has 0 heterocycles. The number of hydrogen-bond acceptors (Lipinski definition) is 4. The molecule has 0 aromatic carbocycles. The fourth-order valence-corrected chi connectivity index (χ4v) is 1.58. The molecule has 4 heteroatoms. The molecule has 0 amide bonds. The number of rotatable bonds is 11. The summed E-state index contributed by atoms with van der Waals surface area (Å²) >= 11 is 0. The molecule has 0 fully saturated rings. The van der Waals surface area contributed by atoms with E-state index < -0.39 is 0 Å². The third-order valence-electron chi connectivity index (χ3n) is 2.81. The minimum Gasteiger partial charge on any atom is -0.380 e. The largest absolute Gasteiger partial charge is 0.380 e. The number of hydrogen-bond donors (Lipinski definition) is 1. The smallest absolute Gasteiger partial charge is 0.0593 e. The highest BCUT2D eigenvalue weighted by Crippen LogP contribution is 2.04. The Hall–Kier alpha value is -0.160. The number of ether oxygens (including phenoxy) is 2. The Kier molecular flexibility index (Phi) is 9.74. The van der Waals surface area contributed by atoms with E-state index in [2.05, 4.69) is 24.1 Å². The molecule has 0 radical (unpaired) electrons. The first kappa shape index (κ1) is 16.8. The molecule has 0 rings (SSSR count). The lowest BCUT2D eigenvalue weighted by Gasteiger charge is -2.32. The number of likely N-dealkylation sites (N-methyl/N-ethyl adjacent to an activating group) is 1. The lowest BCUT2D eigenvalue weighted by Crippen LogP contribution is -2.49. The predicted octanol–water partition coefficient (Wildman–Crippen LogP) is 1.36. The minimum absolute atomic E-state index is 0.123. The Balaban J connectivity index is 4.00. The van der Waals surface area contributed by atoms with E-state index in [0.29, 0.717) is 0 Å². The van der Waals surface area contributed by atoms with Crippen molar-refractivity contribution in [2.75, 3.05) is 53.1 Å². The van der Waals surface area contributed by atoms with Crippen LogP contribution in [0.4, 0.5) is 0 Å². The maximum absolute atomic E-state index is 5.42. The SMILES string of the molecule is CCOCCN(CCOCC)CC(C)(C)NC. The Morgan fingerprint density at radius 2 is 1.47 bits per heavy atom. The van der Waals surface area contributed by atoms with Crippen molar-refractivity contribution in [3.05, 3.63) is 0 Å². The molecule has 0 aliphatic carbocycles. The zero-order chi connectivity index (χ0) is 13.1. The van der Waals surface area contributed by atoms with Gasteiger partial charge in [0, 0.05) is 38.4 Å². The van der Waals surface area contributed by atoms with Crippen LogP contribution in [0.15, 0.2) is 0 Å². The van der Waals surface area contributed by atoms with Crippen LogP contribution in [0, 0.1) is 0 Å². The molecule has 0 unspecified atom stereocenters. The standard InChI is InChI=1S/C13H30N2O2/c1-6-16-10-8-15(9-11-17-7-2)12-13(3,4)14-5/h14H,6-12H2,1-5H3. The van der Waals surface area contributed by atoms with E-state index in [1.54, 1.807) is 0 Å². The summed E-state index contributed by atoms with van der Waals surface area (Å²) in [4.78, 5) is 2.39. The molecule has 1 N–H and O–H groups in total. The molecule has 0 atom stereocenters. The number of nitrogens with one attached hydrogen (secondary N) is 1. The first-order valence-electron chi connectivity index (χ1n) is 6.62. The van der Waals surface area contributed by atoms with Crippen LogP contribution < -0.4 is 5.32 Å². The van der Waals surface area contributed by atoms with Gasteiger partial charge in [0.15, 0.2) is 0 Å². The third-order valence-corrected chi connectivity index (χ3v) is 2.81. The first-order chi connectivity index (χ1) is 8.05. The van der Waals surface area contributed by atoms with E-state index >= 15 is 0 Å². The van der Waals surface area contributed by atoms with Crippen molar-refractivity contribution in [1.29, 1.82) is 0 Å². The quantitative estimate of drug-likeness (QED) is 0.558. The van der Waals surface area contributed by atoms with E-state index in [4.69, 9.17) is 9.47 Å². The highest BCUT2D eigenvalue weighted by Gasteiger charge is 2.19. The zero-order valence-corrected chi connectivity index (χ0v) is 12.2. The molecule has 4 nitrogen and oxygen atoms in total. The van der Waals surface area contributed by atoms with Gasteiger partial charge in [-0.25, -0.2) is 0 Å². The predicted molar refractivity (Wildman–Crippen MR) is 72.6 cm³/mol. The summed E-state index contributed by atoms with van der Waals surface area (Å²) in [6.07, 6.45) is 0. The van der Waals surface area contributed by atoms with Crippen LogP contribution >= 0.6 is 0 Å². The van der Waals surface area contributed by atoms with Gasteiger partial charge in [0.1, 0.15) is 0 Å². The highest BCUT2D eigenvalue weighted by molar-refractivity contribution is 4.80. The van der Waals surface area contributed by atoms with Crippen LogP contribution in [0.5, 0.6) is 0 Å².